The van der Waals surface area contributed by atoms with Gasteiger partial charge in [-0.1, -0.05) is 37.2 Å². The molecule has 0 bridgehead atoms. The molecule has 0 amide bonds. The molecule has 0 aliphatic carbocycles. The molecule has 1 radical (unpaired) electrons. The van der Waals surface area contributed by atoms with Gasteiger partial charge in [0.15, 0.2) is 0 Å². The Balaban J connectivity index is 2.88. The van der Waals surface area contributed by atoms with Crippen LogP contribution in [0.3, 0.4) is 0 Å². The van der Waals surface area contributed by atoms with Gasteiger partial charge in [0.25, 0.3) is 0 Å². The van der Waals surface area contributed by atoms with Gasteiger partial charge in [0, 0.05) is 0 Å². The van der Waals surface area contributed by atoms with E-state index < -0.39 is 11.8 Å². The van der Waals surface area contributed by atoms with Crippen LogP contribution in [-0.2, 0) is 4.79 Å². The van der Waals surface area contributed by atoms with Crippen molar-refractivity contribution in [2.45, 2.75) is 12.6 Å². The predicted molar refractivity (Wildman–Crippen MR) is 48.4 cm³/mol. The van der Waals surface area contributed by atoms with Gasteiger partial charge >= 0.3 is 5.97 Å². The van der Waals surface area contributed by atoms with Crippen LogP contribution in [0.2, 0.25) is 6.82 Å². The van der Waals surface area contributed by atoms with Crippen molar-refractivity contribution in [1.82, 2.24) is 0 Å². The zero-order chi connectivity index (χ0) is 8.97. The van der Waals surface area contributed by atoms with Gasteiger partial charge in [0.05, 0.1) is 5.82 Å². The number of rotatable bonds is 3. The third-order valence-corrected chi connectivity index (χ3v) is 1.76. The van der Waals surface area contributed by atoms with Crippen molar-refractivity contribution in [1.29, 1.82) is 0 Å². The first-order chi connectivity index (χ1) is 5.75. The molecule has 0 saturated carbocycles. The summed E-state index contributed by atoms with van der Waals surface area (Å²) in [6, 6.07) is 9.19. The maximum atomic E-state index is 10.7. The van der Waals surface area contributed by atoms with Crippen LogP contribution in [0.5, 0.6) is 0 Å². The van der Waals surface area contributed by atoms with E-state index in [9.17, 15) is 4.79 Å². The fourth-order valence-electron chi connectivity index (χ4n) is 1.14. The van der Waals surface area contributed by atoms with E-state index >= 15 is 0 Å². The van der Waals surface area contributed by atoms with Crippen molar-refractivity contribution in [2.24, 2.45) is 0 Å². The maximum Gasteiger partial charge on any atom is 0.302 e. The monoisotopic (exact) mass is 161 g/mol. The van der Waals surface area contributed by atoms with Gasteiger partial charge in [-0.05, 0) is 5.56 Å². The molecule has 1 unspecified atom stereocenters. The number of carboxylic acid groups (broad SMARTS) is 1. The molecule has 0 aliphatic heterocycles. The molecule has 1 atom stereocenters. The SMILES string of the molecule is C[B]C(C(=O)O)c1ccccc1. The highest BCUT2D eigenvalue weighted by atomic mass is 16.4. The molecule has 1 aromatic rings. The third-order valence-electron chi connectivity index (χ3n) is 1.76. The minimum atomic E-state index is -0.802. The van der Waals surface area contributed by atoms with Gasteiger partial charge in [0.2, 0.25) is 0 Å². The predicted octanol–water partition coefficient (Wildman–Crippen LogP) is 1.56. The van der Waals surface area contributed by atoms with Crippen LogP contribution in [0.15, 0.2) is 30.3 Å². The van der Waals surface area contributed by atoms with Crippen molar-refractivity contribution in [3.63, 3.8) is 0 Å². The first-order valence-electron chi connectivity index (χ1n) is 3.83. The molecule has 0 aliphatic rings. The molecule has 3 heteroatoms. The number of hydrogen-bond donors (Lipinski definition) is 1. The summed E-state index contributed by atoms with van der Waals surface area (Å²) in [4.78, 5) is 10.7. The first kappa shape index (κ1) is 8.85. The van der Waals surface area contributed by atoms with E-state index in [0.29, 0.717) is 0 Å². The van der Waals surface area contributed by atoms with Crippen molar-refractivity contribution in [3.8, 4) is 0 Å². The Kier molecular flexibility index (Phi) is 2.91. The standard InChI is InChI=1S/C9H10BO2/c1-10-8(9(11)12)7-5-3-2-4-6-7/h2-6,8H,1H3,(H,11,12). The average molecular weight is 161 g/mol. The summed E-state index contributed by atoms with van der Waals surface area (Å²) >= 11 is 0. The molecule has 0 aromatic heterocycles. The van der Waals surface area contributed by atoms with Crippen molar-refractivity contribution < 1.29 is 9.90 Å². The number of benzene rings is 1. The molecule has 0 saturated heterocycles. The van der Waals surface area contributed by atoms with E-state index in [1.165, 1.54) is 0 Å². The van der Waals surface area contributed by atoms with Gasteiger partial charge in [-0.3, -0.25) is 4.79 Å². The molecule has 1 aromatic carbocycles. The highest BCUT2D eigenvalue weighted by molar-refractivity contribution is 6.42. The van der Waals surface area contributed by atoms with Gasteiger partial charge in [-0.25, -0.2) is 0 Å². The van der Waals surface area contributed by atoms with Crippen molar-refractivity contribution >= 4 is 13.2 Å². The Morgan fingerprint density at radius 1 is 1.42 bits per heavy atom. The van der Waals surface area contributed by atoms with E-state index in [-0.39, 0.29) is 0 Å². The molecule has 0 spiro atoms. The Bertz CT molecular complexity index is 258. The number of carboxylic acids is 1. The van der Waals surface area contributed by atoms with Gasteiger partial charge < -0.3 is 5.11 Å². The van der Waals surface area contributed by atoms with E-state index in [0.717, 1.165) is 5.56 Å². The lowest BCUT2D eigenvalue weighted by Gasteiger charge is -2.07. The third kappa shape index (κ3) is 1.88. The van der Waals surface area contributed by atoms with Crippen LogP contribution in [0.1, 0.15) is 11.4 Å². The van der Waals surface area contributed by atoms with Crippen molar-refractivity contribution in [3.05, 3.63) is 35.9 Å². The fraction of sp³-hybridized carbons (Fsp3) is 0.222. The van der Waals surface area contributed by atoms with Crippen molar-refractivity contribution in [2.75, 3.05) is 0 Å². The second kappa shape index (κ2) is 3.95. The summed E-state index contributed by atoms with van der Waals surface area (Å²) in [5.41, 5.74) is 0.826. The summed E-state index contributed by atoms with van der Waals surface area (Å²) < 4.78 is 0. The van der Waals surface area contributed by atoms with Crippen LogP contribution >= 0.6 is 0 Å². The summed E-state index contributed by atoms with van der Waals surface area (Å²) in [6.45, 7) is 1.76. The average Bonchev–Trinajstić information content (AvgIpc) is 2.07. The fourth-order valence-corrected chi connectivity index (χ4v) is 1.14. The van der Waals surface area contributed by atoms with Crippen LogP contribution in [0.25, 0.3) is 0 Å². The minimum Gasteiger partial charge on any atom is -0.481 e. The van der Waals surface area contributed by atoms with Crippen LogP contribution in [-0.4, -0.2) is 18.4 Å². The lowest BCUT2D eigenvalue weighted by Crippen LogP contribution is -2.16. The van der Waals surface area contributed by atoms with E-state index in [1.54, 1.807) is 14.1 Å². The lowest BCUT2D eigenvalue weighted by atomic mass is 9.64. The second-order valence-electron chi connectivity index (χ2n) is 2.56. The molecule has 1 rings (SSSR count). The quantitative estimate of drug-likeness (QED) is 0.683. The summed E-state index contributed by atoms with van der Waals surface area (Å²) in [5, 5.41) is 8.80. The normalized spacial score (nSPS) is 12.1. The Morgan fingerprint density at radius 2 is 2.00 bits per heavy atom. The largest absolute Gasteiger partial charge is 0.481 e. The van der Waals surface area contributed by atoms with Gasteiger partial charge in [-0.2, -0.15) is 0 Å². The molecule has 0 heterocycles. The Labute approximate surface area is 72.5 Å². The van der Waals surface area contributed by atoms with E-state index in [2.05, 4.69) is 0 Å². The summed E-state index contributed by atoms with van der Waals surface area (Å²) in [6.07, 6.45) is 0. The number of hydrogen-bond acceptors (Lipinski definition) is 1. The highest BCUT2D eigenvalue weighted by Crippen LogP contribution is 2.13. The van der Waals surface area contributed by atoms with Gasteiger partial charge in [0.1, 0.15) is 7.28 Å². The molecule has 2 nitrogen and oxygen atoms in total. The summed E-state index contributed by atoms with van der Waals surface area (Å²) in [7, 11) is 1.68. The zero-order valence-electron chi connectivity index (χ0n) is 6.90. The number of carbonyl (C=O) groups is 1. The summed E-state index contributed by atoms with van der Waals surface area (Å²) in [5.74, 6) is -1.28. The molecule has 1 N–H and O–H groups in total. The first-order valence-corrected chi connectivity index (χ1v) is 3.83. The lowest BCUT2D eigenvalue weighted by molar-refractivity contribution is -0.136. The maximum absolute atomic E-state index is 10.7. The minimum absolute atomic E-state index is 0.480. The molecule has 12 heavy (non-hydrogen) atoms. The van der Waals surface area contributed by atoms with Gasteiger partial charge in [-0.15, -0.1) is 0 Å². The van der Waals surface area contributed by atoms with E-state index in [1.807, 2.05) is 30.3 Å². The smallest absolute Gasteiger partial charge is 0.302 e. The Hall–Kier alpha value is -1.25. The Morgan fingerprint density at radius 3 is 2.42 bits per heavy atom. The molecule has 61 valence electrons. The van der Waals surface area contributed by atoms with E-state index in [4.69, 9.17) is 5.11 Å². The van der Waals surface area contributed by atoms with Crippen LogP contribution < -0.4 is 0 Å². The molecular formula is C9H10BO2. The topological polar surface area (TPSA) is 37.3 Å². The number of aliphatic carboxylic acids is 1. The zero-order valence-corrected chi connectivity index (χ0v) is 6.90. The molecule has 0 fully saturated rings. The molecular weight excluding hydrogens is 151 g/mol. The highest BCUT2D eigenvalue weighted by Gasteiger charge is 2.16. The van der Waals surface area contributed by atoms with Crippen LogP contribution in [0, 0.1) is 0 Å². The van der Waals surface area contributed by atoms with Crippen LogP contribution in [0.4, 0.5) is 0 Å². The second-order valence-corrected chi connectivity index (χ2v) is 2.56.